The third kappa shape index (κ3) is 3.42. The molecule has 0 aromatic heterocycles. The number of aliphatic hydroxyl groups is 1. The maximum Gasteiger partial charge on any atom is 0.416 e. The second-order valence-corrected chi connectivity index (χ2v) is 6.53. The standard InChI is InChI=1S/C17H20F3NO3/c1-10-2-7-15(24-10)16(23)21-9-13(22)8-14(21)11-3-5-12(6-4-11)17(18,19)20/h3-6,10,13-15,22H,2,7-9H2,1H3/t10-,13-,14+,15-/m1/s1. The molecule has 0 saturated carbocycles. The molecule has 7 heteroatoms. The van der Waals surface area contributed by atoms with Crippen LogP contribution in [0.25, 0.3) is 0 Å². The van der Waals surface area contributed by atoms with Gasteiger partial charge < -0.3 is 14.7 Å². The number of ether oxygens (including phenoxy) is 1. The Morgan fingerprint density at radius 3 is 2.46 bits per heavy atom. The minimum Gasteiger partial charge on any atom is -0.391 e. The van der Waals surface area contributed by atoms with Crippen molar-refractivity contribution in [3.63, 3.8) is 0 Å². The molecule has 132 valence electrons. The Labute approximate surface area is 138 Å². The molecule has 4 nitrogen and oxygen atoms in total. The Kier molecular flexibility index (Phi) is 4.57. The molecule has 1 N–H and O–H groups in total. The first-order valence-electron chi connectivity index (χ1n) is 8.07. The van der Waals surface area contributed by atoms with Crippen LogP contribution in [0.1, 0.15) is 43.4 Å². The van der Waals surface area contributed by atoms with Crippen molar-refractivity contribution in [3.05, 3.63) is 35.4 Å². The predicted octanol–water partition coefficient (Wildman–Crippen LogP) is 2.91. The summed E-state index contributed by atoms with van der Waals surface area (Å²) in [4.78, 5) is 14.2. The monoisotopic (exact) mass is 343 g/mol. The lowest BCUT2D eigenvalue weighted by atomic mass is 10.0. The third-order valence-corrected chi connectivity index (χ3v) is 4.69. The summed E-state index contributed by atoms with van der Waals surface area (Å²) >= 11 is 0. The Bertz CT molecular complexity index is 602. The van der Waals surface area contributed by atoms with Crippen molar-refractivity contribution >= 4 is 5.91 Å². The molecule has 2 aliphatic heterocycles. The summed E-state index contributed by atoms with van der Waals surface area (Å²) in [5, 5.41) is 9.94. The van der Waals surface area contributed by atoms with Crippen LogP contribution in [0.2, 0.25) is 0 Å². The van der Waals surface area contributed by atoms with E-state index in [9.17, 15) is 23.1 Å². The predicted molar refractivity (Wildman–Crippen MR) is 80.1 cm³/mol. The Hall–Kier alpha value is -1.60. The van der Waals surface area contributed by atoms with Crippen LogP contribution in [-0.4, -0.2) is 40.8 Å². The Morgan fingerprint density at radius 1 is 1.25 bits per heavy atom. The molecule has 0 bridgehead atoms. The van der Waals surface area contributed by atoms with Gasteiger partial charge >= 0.3 is 6.18 Å². The number of rotatable bonds is 2. The summed E-state index contributed by atoms with van der Waals surface area (Å²) in [7, 11) is 0. The lowest BCUT2D eigenvalue weighted by Gasteiger charge is -2.27. The average molecular weight is 343 g/mol. The van der Waals surface area contributed by atoms with Gasteiger partial charge in [0.1, 0.15) is 6.10 Å². The molecule has 3 rings (SSSR count). The van der Waals surface area contributed by atoms with E-state index >= 15 is 0 Å². The van der Waals surface area contributed by atoms with Crippen LogP contribution in [0.3, 0.4) is 0 Å². The number of halogens is 3. The van der Waals surface area contributed by atoms with Gasteiger partial charge in [0.2, 0.25) is 0 Å². The zero-order valence-electron chi connectivity index (χ0n) is 13.3. The minimum absolute atomic E-state index is 0.0241. The van der Waals surface area contributed by atoms with E-state index in [1.165, 1.54) is 17.0 Å². The van der Waals surface area contributed by atoms with Gasteiger partial charge in [0, 0.05) is 6.54 Å². The molecule has 0 radical (unpaired) electrons. The van der Waals surface area contributed by atoms with Crippen molar-refractivity contribution in [2.45, 2.75) is 56.7 Å². The van der Waals surface area contributed by atoms with Crippen molar-refractivity contribution in [1.82, 2.24) is 4.90 Å². The highest BCUT2D eigenvalue weighted by atomic mass is 19.4. The quantitative estimate of drug-likeness (QED) is 0.898. The van der Waals surface area contributed by atoms with Crippen LogP contribution in [-0.2, 0) is 15.7 Å². The number of carbonyl (C=O) groups excluding carboxylic acids is 1. The molecule has 4 atom stereocenters. The van der Waals surface area contributed by atoms with Crippen molar-refractivity contribution in [1.29, 1.82) is 0 Å². The second kappa shape index (κ2) is 6.37. The zero-order valence-corrected chi connectivity index (χ0v) is 13.3. The van der Waals surface area contributed by atoms with Crippen LogP contribution >= 0.6 is 0 Å². The van der Waals surface area contributed by atoms with Crippen LogP contribution in [0.5, 0.6) is 0 Å². The number of likely N-dealkylation sites (tertiary alicyclic amines) is 1. The zero-order chi connectivity index (χ0) is 17.5. The topological polar surface area (TPSA) is 49.8 Å². The number of alkyl halides is 3. The molecule has 2 fully saturated rings. The van der Waals surface area contributed by atoms with E-state index in [-0.39, 0.29) is 18.6 Å². The lowest BCUT2D eigenvalue weighted by molar-refractivity contribution is -0.144. The third-order valence-electron chi connectivity index (χ3n) is 4.69. The maximum atomic E-state index is 12.7. The molecule has 2 aliphatic rings. The Morgan fingerprint density at radius 2 is 1.92 bits per heavy atom. The summed E-state index contributed by atoms with van der Waals surface area (Å²) in [6.07, 6.45) is -3.82. The van der Waals surface area contributed by atoms with E-state index in [1.54, 1.807) is 0 Å². The number of carbonyl (C=O) groups is 1. The summed E-state index contributed by atoms with van der Waals surface area (Å²) in [6, 6.07) is 4.36. The molecule has 0 unspecified atom stereocenters. The van der Waals surface area contributed by atoms with E-state index in [1.807, 2.05) is 6.92 Å². The van der Waals surface area contributed by atoms with Gasteiger partial charge in [-0.15, -0.1) is 0 Å². The highest BCUT2D eigenvalue weighted by Gasteiger charge is 2.40. The van der Waals surface area contributed by atoms with E-state index in [4.69, 9.17) is 4.74 Å². The second-order valence-electron chi connectivity index (χ2n) is 6.53. The van der Waals surface area contributed by atoms with E-state index in [0.717, 1.165) is 18.6 Å². The number of hydrogen-bond donors (Lipinski definition) is 1. The molecular weight excluding hydrogens is 323 g/mol. The number of nitrogens with zero attached hydrogens (tertiary/aromatic N) is 1. The molecule has 0 spiro atoms. The average Bonchev–Trinajstić information content (AvgIpc) is 3.12. The smallest absolute Gasteiger partial charge is 0.391 e. The normalized spacial score (nSPS) is 30.8. The number of amides is 1. The number of β-amino-alcohol motifs (C(OH)–C–C–N with tert-alkyl or cyclic N) is 1. The van der Waals surface area contributed by atoms with Crippen LogP contribution in [0, 0.1) is 0 Å². The van der Waals surface area contributed by atoms with Crippen molar-refractivity contribution in [3.8, 4) is 0 Å². The highest BCUT2D eigenvalue weighted by Crippen LogP contribution is 2.36. The first kappa shape index (κ1) is 17.2. The summed E-state index contributed by atoms with van der Waals surface area (Å²) in [5.74, 6) is -0.194. The number of aliphatic hydroxyl groups excluding tert-OH is 1. The van der Waals surface area contributed by atoms with Crippen molar-refractivity contribution in [2.24, 2.45) is 0 Å². The number of hydrogen-bond acceptors (Lipinski definition) is 3. The molecule has 1 amide bonds. The van der Waals surface area contributed by atoms with Gasteiger partial charge in [-0.2, -0.15) is 13.2 Å². The lowest BCUT2D eigenvalue weighted by Crippen LogP contribution is -2.39. The van der Waals surface area contributed by atoms with Crippen LogP contribution in [0.15, 0.2) is 24.3 Å². The molecule has 0 aliphatic carbocycles. The fourth-order valence-corrected chi connectivity index (χ4v) is 3.44. The molecule has 2 saturated heterocycles. The molecule has 1 aromatic carbocycles. The van der Waals surface area contributed by atoms with Gasteiger partial charge in [-0.05, 0) is 43.9 Å². The summed E-state index contributed by atoms with van der Waals surface area (Å²) < 4.78 is 43.6. The summed E-state index contributed by atoms with van der Waals surface area (Å²) in [5.41, 5.74) is -0.130. The van der Waals surface area contributed by atoms with Gasteiger partial charge in [-0.1, -0.05) is 12.1 Å². The van der Waals surface area contributed by atoms with Gasteiger partial charge in [0.05, 0.1) is 23.8 Å². The largest absolute Gasteiger partial charge is 0.416 e. The van der Waals surface area contributed by atoms with Crippen molar-refractivity contribution < 1.29 is 27.8 Å². The molecule has 1 aromatic rings. The fourth-order valence-electron chi connectivity index (χ4n) is 3.44. The van der Waals surface area contributed by atoms with E-state index in [0.29, 0.717) is 18.4 Å². The maximum absolute atomic E-state index is 12.7. The summed E-state index contributed by atoms with van der Waals surface area (Å²) in [6.45, 7) is 2.08. The van der Waals surface area contributed by atoms with Gasteiger partial charge in [0.25, 0.3) is 5.91 Å². The molecule has 2 heterocycles. The fraction of sp³-hybridized carbons (Fsp3) is 0.588. The molecular formula is C17H20F3NO3. The van der Waals surface area contributed by atoms with E-state index in [2.05, 4.69) is 0 Å². The van der Waals surface area contributed by atoms with Crippen LogP contribution in [0.4, 0.5) is 13.2 Å². The van der Waals surface area contributed by atoms with Crippen LogP contribution < -0.4 is 0 Å². The van der Waals surface area contributed by atoms with Gasteiger partial charge in [-0.25, -0.2) is 0 Å². The van der Waals surface area contributed by atoms with Gasteiger partial charge in [-0.3, -0.25) is 4.79 Å². The van der Waals surface area contributed by atoms with E-state index < -0.39 is 30.0 Å². The SMILES string of the molecule is C[C@@H]1CC[C@H](C(=O)N2C[C@H](O)C[C@H]2c2ccc(C(F)(F)F)cc2)O1. The molecule has 24 heavy (non-hydrogen) atoms. The first-order chi connectivity index (χ1) is 11.3. The minimum atomic E-state index is -4.39. The highest BCUT2D eigenvalue weighted by molar-refractivity contribution is 5.82. The van der Waals surface area contributed by atoms with Gasteiger partial charge in [0.15, 0.2) is 0 Å². The van der Waals surface area contributed by atoms with Crippen molar-refractivity contribution in [2.75, 3.05) is 6.54 Å². The Balaban J connectivity index is 1.79. The first-order valence-corrected chi connectivity index (χ1v) is 8.07. The number of benzene rings is 1.